The minimum absolute atomic E-state index is 0.0312. The van der Waals surface area contributed by atoms with Gasteiger partial charge in [0.25, 0.3) is 11.6 Å². The number of amides is 1. The smallest absolute Gasteiger partial charge is 0.282 e. The number of phenolic OH excluding ortho intramolecular Hbond substituents is 1. The van der Waals surface area contributed by atoms with Crippen molar-refractivity contribution in [3.05, 3.63) is 69.8 Å². The van der Waals surface area contributed by atoms with E-state index in [4.69, 9.17) is 0 Å². The highest BCUT2D eigenvalue weighted by atomic mass is 16.6. The molecule has 2 aromatic rings. The van der Waals surface area contributed by atoms with Gasteiger partial charge in [0, 0.05) is 11.6 Å². The SMILES string of the molecule is C/C(=N/NC(=O)c1ccccc1[N+](=O)[O-])c1ccccc1O. The molecule has 0 fully saturated rings. The molecule has 22 heavy (non-hydrogen) atoms. The van der Waals surface area contributed by atoms with Gasteiger partial charge < -0.3 is 5.11 Å². The first kappa shape index (κ1) is 15.2. The average molecular weight is 299 g/mol. The van der Waals surface area contributed by atoms with Gasteiger partial charge in [0.2, 0.25) is 0 Å². The Labute approximate surface area is 126 Å². The Morgan fingerprint density at radius 2 is 1.73 bits per heavy atom. The lowest BCUT2D eigenvalue weighted by molar-refractivity contribution is -0.385. The van der Waals surface area contributed by atoms with Crippen LogP contribution in [0.2, 0.25) is 0 Å². The average Bonchev–Trinajstić information content (AvgIpc) is 2.52. The molecule has 2 rings (SSSR count). The molecule has 0 bridgehead atoms. The molecule has 0 aliphatic carbocycles. The molecule has 1 amide bonds. The van der Waals surface area contributed by atoms with Gasteiger partial charge in [0.1, 0.15) is 11.3 Å². The van der Waals surface area contributed by atoms with E-state index in [0.717, 1.165) is 0 Å². The second-order valence-corrected chi connectivity index (χ2v) is 4.43. The second-order valence-electron chi connectivity index (χ2n) is 4.43. The van der Waals surface area contributed by atoms with Crippen LogP contribution in [0.3, 0.4) is 0 Å². The van der Waals surface area contributed by atoms with Gasteiger partial charge in [-0.05, 0) is 25.1 Å². The summed E-state index contributed by atoms with van der Waals surface area (Å²) in [7, 11) is 0. The van der Waals surface area contributed by atoms with Crippen molar-refractivity contribution in [1.82, 2.24) is 5.43 Å². The van der Waals surface area contributed by atoms with Crippen molar-refractivity contribution in [1.29, 1.82) is 0 Å². The van der Waals surface area contributed by atoms with E-state index in [0.29, 0.717) is 11.3 Å². The van der Waals surface area contributed by atoms with E-state index in [1.54, 1.807) is 25.1 Å². The largest absolute Gasteiger partial charge is 0.507 e. The van der Waals surface area contributed by atoms with Crippen LogP contribution in [0.25, 0.3) is 0 Å². The summed E-state index contributed by atoms with van der Waals surface area (Å²) < 4.78 is 0. The molecule has 7 nitrogen and oxygen atoms in total. The Kier molecular flexibility index (Phi) is 4.47. The van der Waals surface area contributed by atoms with E-state index in [2.05, 4.69) is 10.5 Å². The van der Waals surface area contributed by atoms with Gasteiger partial charge >= 0.3 is 0 Å². The fourth-order valence-electron chi connectivity index (χ4n) is 1.86. The molecular formula is C15H13N3O4. The van der Waals surface area contributed by atoms with E-state index >= 15 is 0 Å². The number of hydrogen-bond donors (Lipinski definition) is 2. The number of aromatic hydroxyl groups is 1. The standard InChI is InChI=1S/C15H13N3O4/c1-10(11-6-3-5-9-14(11)19)16-17-15(20)12-7-2-4-8-13(12)18(21)22/h2-9,19H,1H3,(H,17,20)/b16-10-. The van der Waals surface area contributed by atoms with Crippen LogP contribution in [0.5, 0.6) is 5.75 Å². The van der Waals surface area contributed by atoms with E-state index in [9.17, 15) is 20.0 Å². The summed E-state index contributed by atoms with van der Waals surface area (Å²) in [6.45, 7) is 1.61. The van der Waals surface area contributed by atoms with E-state index in [-0.39, 0.29) is 17.0 Å². The molecule has 0 saturated carbocycles. The fraction of sp³-hybridized carbons (Fsp3) is 0.0667. The second kappa shape index (κ2) is 6.49. The Morgan fingerprint density at radius 3 is 2.36 bits per heavy atom. The predicted octanol–water partition coefficient (Wildman–Crippen LogP) is 2.45. The van der Waals surface area contributed by atoms with Crippen LogP contribution in [0.15, 0.2) is 53.6 Å². The number of rotatable bonds is 4. The molecule has 0 unspecified atom stereocenters. The topological polar surface area (TPSA) is 105 Å². The van der Waals surface area contributed by atoms with Gasteiger partial charge in [-0.2, -0.15) is 5.10 Å². The number of phenols is 1. The van der Waals surface area contributed by atoms with Crippen molar-refractivity contribution < 1.29 is 14.8 Å². The third-order valence-corrected chi connectivity index (χ3v) is 2.96. The van der Waals surface area contributed by atoms with Crippen LogP contribution in [0.4, 0.5) is 5.69 Å². The lowest BCUT2D eigenvalue weighted by Gasteiger charge is -2.05. The Hall–Kier alpha value is -3.22. The summed E-state index contributed by atoms with van der Waals surface area (Å²) >= 11 is 0. The number of nitrogens with one attached hydrogen (secondary N) is 1. The number of hydrazone groups is 1. The fourth-order valence-corrected chi connectivity index (χ4v) is 1.86. The molecule has 2 aromatic carbocycles. The first-order valence-electron chi connectivity index (χ1n) is 6.37. The number of nitro benzene ring substituents is 1. The molecule has 7 heteroatoms. The highest BCUT2D eigenvalue weighted by molar-refractivity contribution is 6.03. The number of benzene rings is 2. The minimum atomic E-state index is -0.693. The van der Waals surface area contributed by atoms with Crippen LogP contribution >= 0.6 is 0 Å². The highest BCUT2D eigenvalue weighted by Crippen LogP contribution is 2.18. The van der Waals surface area contributed by atoms with E-state index in [1.807, 2.05) is 0 Å². The Morgan fingerprint density at radius 1 is 1.14 bits per heavy atom. The molecule has 0 aromatic heterocycles. The minimum Gasteiger partial charge on any atom is -0.507 e. The van der Waals surface area contributed by atoms with Crippen LogP contribution < -0.4 is 5.43 Å². The van der Waals surface area contributed by atoms with Gasteiger partial charge in [0.15, 0.2) is 0 Å². The zero-order chi connectivity index (χ0) is 16.1. The third-order valence-electron chi connectivity index (χ3n) is 2.96. The van der Waals surface area contributed by atoms with Gasteiger partial charge in [0.05, 0.1) is 10.6 Å². The maximum Gasteiger partial charge on any atom is 0.282 e. The summed E-state index contributed by atoms with van der Waals surface area (Å²) in [6, 6.07) is 12.1. The summed E-state index contributed by atoms with van der Waals surface area (Å²) in [5.41, 5.74) is 2.72. The van der Waals surface area contributed by atoms with Crippen molar-refractivity contribution in [3.63, 3.8) is 0 Å². The molecule has 0 spiro atoms. The van der Waals surface area contributed by atoms with Crippen molar-refractivity contribution in [3.8, 4) is 5.75 Å². The summed E-state index contributed by atoms with van der Waals surface area (Å²) in [5.74, 6) is -0.661. The Balaban J connectivity index is 2.22. The quantitative estimate of drug-likeness (QED) is 0.514. The number of nitro groups is 1. The number of para-hydroxylation sites is 2. The zero-order valence-electron chi connectivity index (χ0n) is 11.7. The summed E-state index contributed by atoms with van der Waals surface area (Å²) in [5, 5.41) is 24.5. The maximum atomic E-state index is 12.0. The van der Waals surface area contributed by atoms with Gasteiger partial charge in [-0.15, -0.1) is 0 Å². The summed E-state index contributed by atoms with van der Waals surface area (Å²) in [4.78, 5) is 22.3. The van der Waals surface area contributed by atoms with Gasteiger partial charge in [-0.25, -0.2) is 5.43 Å². The first-order chi connectivity index (χ1) is 10.5. The van der Waals surface area contributed by atoms with Crippen molar-refractivity contribution in [2.75, 3.05) is 0 Å². The third kappa shape index (κ3) is 3.26. The van der Waals surface area contributed by atoms with Crippen molar-refractivity contribution >= 4 is 17.3 Å². The molecule has 112 valence electrons. The monoisotopic (exact) mass is 299 g/mol. The maximum absolute atomic E-state index is 12.0. The van der Waals surface area contributed by atoms with Crippen LogP contribution in [-0.2, 0) is 0 Å². The lowest BCUT2D eigenvalue weighted by atomic mass is 10.1. The predicted molar refractivity (Wildman–Crippen MR) is 80.9 cm³/mol. The number of hydrogen-bond acceptors (Lipinski definition) is 5. The van der Waals surface area contributed by atoms with Crippen molar-refractivity contribution in [2.45, 2.75) is 6.92 Å². The molecule has 0 aliphatic heterocycles. The van der Waals surface area contributed by atoms with Gasteiger partial charge in [-0.3, -0.25) is 14.9 Å². The molecule has 0 radical (unpaired) electrons. The zero-order valence-corrected chi connectivity index (χ0v) is 11.7. The van der Waals surface area contributed by atoms with Crippen molar-refractivity contribution in [2.24, 2.45) is 5.10 Å². The molecule has 0 aliphatic rings. The molecule has 0 saturated heterocycles. The number of carbonyl (C=O) groups excluding carboxylic acids is 1. The molecular weight excluding hydrogens is 286 g/mol. The van der Waals surface area contributed by atoms with Gasteiger partial charge in [-0.1, -0.05) is 24.3 Å². The highest BCUT2D eigenvalue weighted by Gasteiger charge is 2.18. The van der Waals surface area contributed by atoms with Crippen LogP contribution in [0.1, 0.15) is 22.8 Å². The van der Waals surface area contributed by atoms with Crippen LogP contribution in [-0.4, -0.2) is 21.6 Å². The normalized spacial score (nSPS) is 11.0. The van der Waals surface area contributed by atoms with E-state index in [1.165, 1.54) is 30.3 Å². The Bertz CT molecular complexity index is 756. The summed E-state index contributed by atoms with van der Waals surface area (Å²) in [6.07, 6.45) is 0. The molecule has 2 N–H and O–H groups in total. The molecule has 0 heterocycles. The number of nitrogens with zero attached hydrogens (tertiary/aromatic N) is 2. The molecule has 0 atom stereocenters. The lowest BCUT2D eigenvalue weighted by Crippen LogP contribution is -2.20. The first-order valence-corrected chi connectivity index (χ1v) is 6.37. The van der Waals surface area contributed by atoms with Crippen LogP contribution in [0, 0.1) is 10.1 Å². The number of carbonyl (C=O) groups is 1. The van der Waals surface area contributed by atoms with E-state index < -0.39 is 10.8 Å².